The molecule has 0 saturated heterocycles. The van der Waals surface area contributed by atoms with Crippen LogP contribution in [-0.4, -0.2) is 0 Å². The van der Waals surface area contributed by atoms with Gasteiger partial charge in [0.15, 0.2) is 0 Å². The fourth-order valence-electron chi connectivity index (χ4n) is 1.27. The molecule has 0 aliphatic heterocycles. The first-order valence-electron chi connectivity index (χ1n) is 4.62. The van der Waals surface area contributed by atoms with Crippen molar-refractivity contribution in [1.82, 2.24) is 0 Å². The van der Waals surface area contributed by atoms with Crippen molar-refractivity contribution in [2.75, 3.05) is 0 Å². The van der Waals surface area contributed by atoms with Crippen molar-refractivity contribution in [3.63, 3.8) is 0 Å². The maximum absolute atomic E-state index is 4.08. The van der Waals surface area contributed by atoms with Gasteiger partial charge >= 0.3 is 0 Å². The zero-order chi connectivity index (χ0) is 8.91. The topological polar surface area (TPSA) is 0 Å². The number of allylic oxidation sites excluding steroid dienone is 1. The third kappa shape index (κ3) is 7.64. The number of rotatable bonds is 4. The quantitative estimate of drug-likeness (QED) is 0.533. The third-order valence-corrected chi connectivity index (χ3v) is 1.66. The molecular formula is C11H22. The summed E-state index contributed by atoms with van der Waals surface area (Å²) in [7, 11) is 0. The molecule has 0 unspecified atom stereocenters. The summed E-state index contributed by atoms with van der Waals surface area (Å²) in [6.07, 6.45) is 4.97. The van der Waals surface area contributed by atoms with Crippen molar-refractivity contribution < 1.29 is 0 Å². The van der Waals surface area contributed by atoms with Gasteiger partial charge in [-0.2, -0.15) is 0 Å². The second kappa shape index (κ2) is 4.58. The van der Waals surface area contributed by atoms with Gasteiger partial charge in [-0.3, -0.25) is 0 Å². The average Bonchev–Trinajstić information content (AvgIpc) is 1.79. The van der Waals surface area contributed by atoms with Gasteiger partial charge in [-0.05, 0) is 24.7 Å². The highest BCUT2D eigenvalue weighted by molar-refractivity contribution is 4.97. The van der Waals surface area contributed by atoms with Gasteiger partial charge < -0.3 is 0 Å². The Labute approximate surface area is 71.7 Å². The number of unbranched alkanes of at least 4 members (excludes halogenated alkanes) is 1. The number of hydrogen-bond donors (Lipinski definition) is 0. The van der Waals surface area contributed by atoms with Crippen molar-refractivity contribution >= 4 is 0 Å². The molecule has 0 atom stereocenters. The fraction of sp³-hybridized carbons (Fsp3) is 0.818. The van der Waals surface area contributed by atoms with E-state index >= 15 is 0 Å². The lowest BCUT2D eigenvalue weighted by Crippen LogP contribution is -2.05. The standard InChI is InChI=1S/C11H22/c1-6-7-8-10(2)9-11(3,4)5/h2,6-9H2,1,3-5H3. The maximum atomic E-state index is 4.08. The SMILES string of the molecule is C=C(CCCC)CC(C)(C)C. The van der Waals surface area contributed by atoms with Crippen LogP contribution in [0.2, 0.25) is 0 Å². The summed E-state index contributed by atoms with van der Waals surface area (Å²) in [4.78, 5) is 0. The molecule has 0 N–H and O–H groups in total. The van der Waals surface area contributed by atoms with E-state index in [1.165, 1.54) is 31.3 Å². The minimum Gasteiger partial charge on any atom is -0.0998 e. The first-order valence-corrected chi connectivity index (χ1v) is 4.62. The summed E-state index contributed by atoms with van der Waals surface area (Å²) in [6, 6.07) is 0. The van der Waals surface area contributed by atoms with Crippen molar-refractivity contribution in [2.45, 2.75) is 53.4 Å². The highest BCUT2D eigenvalue weighted by atomic mass is 14.2. The van der Waals surface area contributed by atoms with Crippen LogP contribution in [0.3, 0.4) is 0 Å². The highest BCUT2D eigenvalue weighted by Crippen LogP contribution is 2.25. The largest absolute Gasteiger partial charge is 0.0998 e. The summed E-state index contributed by atoms with van der Waals surface area (Å²) in [6.45, 7) is 13.1. The Morgan fingerprint density at radius 2 is 1.82 bits per heavy atom. The molecule has 0 aromatic heterocycles. The Balaban J connectivity index is 3.53. The molecule has 0 nitrogen and oxygen atoms in total. The van der Waals surface area contributed by atoms with Crippen LogP contribution in [0.25, 0.3) is 0 Å². The Morgan fingerprint density at radius 3 is 2.18 bits per heavy atom. The molecular weight excluding hydrogens is 132 g/mol. The van der Waals surface area contributed by atoms with Crippen molar-refractivity contribution in [1.29, 1.82) is 0 Å². The van der Waals surface area contributed by atoms with E-state index < -0.39 is 0 Å². The molecule has 0 bridgehead atoms. The molecule has 0 fully saturated rings. The van der Waals surface area contributed by atoms with Gasteiger partial charge in [-0.25, -0.2) is 0 Å². The summed E-state index contributed by atoms with van der Waals surface area (Å²) in [5.74, 6) is 0. The number of hydrogen-bond acceptors (Lipinski definition) is 0. The zero-order valence-electron chi connectivity index (χ0n) is 8.54. The van der Waals surface area contributed by atoms with E-state index in [9.17, 15) is 0 Å². The molecule has 66 valence electrons. The van der Waals surface area contributed by atoms with Crippen LogP contribution in [-0.2, 0) is 0 Å². The lowest BCUT2D eigenvalue weighted by molar-refractivity contribution is 0.403. The minimum absolute atomic E-state index is 0.421. The van der Waals surface area contributed by atoms with Crippen molar-refractivity contribution in [3.05, 3.63) is 12.2 Å². The Morgan fingerprint density at radius 1 is 1.27 bits per heavy atom. The van der Waals surface area contributed by atoms with Crippen LogP contribution in [0.15, 0.2) is 12.2 Å². The molecule has 11 heavy (non-hydrogen) atoms. The van der Waals surface area contributed by atoms with E-state index in [2.05, 4.69) is 34.3 Å². The van der Waals surface area contributed by atoms with E-state index in [1.54, 1.807) is 0 Å². The van der Waals surface area contributed by atoms with E-state index in [1.807, 2.05) is 0 Å². The molecule has 0 saturated carbocycles. The van der Waals surface area contributed by atoms with E-state index in [0.717, 1.165) is 0 Å². The highest BCUT2D eigenvalue weighted by Gasteiger charge is 2.10. The first-order chi connectivity index (χ1) is 4.95. The van der Waals surface area contributed by atoms with Gasteiger partial charge in [0.1, 0.15) is 0 Å². The van der Waals surface area contributed by atoms with Gasteiger partial charge in [0.05, 0.1) is 0 Å². The summed E-state index contributed by atoms with van der Waals surface area (Å²) in [5, 5.41) is 0. The predicted octanol–water partition coefficient (Wildman–Crippen LogP) is 4.17. The molecule has 0 amide bonds. The first kappa shape index (κ1) is 10.7. The average molecular weight is 154 g/mol. The monoisotopic (exact) mass is 154 g/mol. The Bertz CT molecular complexity index is 114. The van der Waals surface area contributed by atoms with Gasteiger partial charge in [0, 0.05) is 0 Å². The molecule has 0 aliphatic rings. The van der Waals surface area contributed by atoms with Crippen LogP contribution < -0.4 is 0 Å². The lowest BCUT2D eigenvalue weighted by atomic mass is 9.87. The maximum Gasteiger partial charge on any atom is -0.0274 e. The van der Waals surface area contributed by atoms with Crippen LogP contribution in [0.5, 0.6) is 0 Å². The van der Waals surface area contributed by atoms with Gasteiger partial charge in [-0.15, -0.1) is 0 Å². The van der Waals surface area contributed by atoms with Gasteiger partial charge in [0.25, 0.3) is 0 Å². The van der Waals surface area contributed by atoms with Crippen LogP contribution >= 0.6 is 0 Å². The van der Waals surface area contributed by atoms with E-state index in [4.69, 9.17) is 0 Å². The second-order valence-corrected chi connectivity index (χ2v) is 4.59. The van der Waals surface area contributed by atoms with Crippen LogP contribution in [0, 0.1) is 5.41 Å². The molecule has 0 aromatic rings. The molecule has 0 aromatic carbocycles. The Hall–Kier alpha value is -0.260. The second-order valence-electron chi connectivity index (χ2n) is 4.59. The summed E-state index contributed by atoms with van der Waals surface area (Å²) >= 11 is 0. The third-order valence-electron chi connectivity index (χ3n) is 1.66. The molecule has 0 aliphatic carbocycles. The smallest absolute Gasteiger partial charge is 0.0274 e. The van der Waals surface area contributed by atoms with Crippen molar-refractivity contribution in [2.24, 2.45) is 5.41 Å². The van der Waals surface area contributed by atoms with Gasteiger partial charge in [0.2, 0.25) is 0 Å². The molecule has 0 radical (unpaired) electrons. The predicted molar refractivity (Wildman–Crippen MR) is 52.7 cm³/mol. The lowest BCUT2D eigenvalue weighted by Gasteiger charge is -2.19. The minimum atomic E-state index is 0.421. The molecule has 0 heteroatoms. The van der Waals surface area contributed by atoms with E-state index in [-0.39, 0.29) is 0 Å². The molecule has 0 spiro atoms. The fourth-order valence-corrected chi connectivity index (χ4v) is 1.27. The van der Waals surface area contributed by atoms with Gasteiger partial charge in [-0.1, -0.05) is 46.3 Å². The van der Waals surface area contributed by atoms with Crippen LogP contribution in [0.1, 0.15) is 53.4 Å². The zero-order valence-corrected chi connectivity index (χ0v) is 8.54. The Kier molecular flexibility index (Phi) is 4.48. The summed E-state index contributed by atoms with van der Waals surface area (Å²) < 4.78 is 0. The van der Waals surface area contributed by atoms with Crippen molar-refractivity contribution in [3.8, 4) is 0 Å². The van der Waals surface area contributed by atoms with E-state index in [0.29, 0.717) is 5.41 Å². The molecule has 0 rings (SSSR count). The molecule has 0 heterocycles. The summed E-state index contributed by atoms with van der Waals surface area (Å²) in [5.41, 5.74) is 1.84. The normalized spacial score (nSPS) is 11.6. The van der Waals surface area contributed by atoms with Crippen LogP contribution in [0.4, 0.5) is 0 Å².